The molecule has 0 unspecified atom stereocenters. The van der Waals surface area contributed by atoms with Gasteiger partial charge in [0.15, 0.2) is 0 Å². The minimum absolute atomic E-state index is 0.0191. The number of amides is 1. The van der Waals surface area contributed by atoms with Crippen molar-refractivity contribution in [3.63, 3.8) is 0 Å². The molecule has 35 heavy (non-hydrogen) atoms. The second-order valence-corrected chi connectivity index (χ2v) is 10.3. The number of likely N-dealkylation sites (N-methyl/N-ethyl adjacent to an activating group) is 2. The van der Waals surface area contributed by atoms with Gasteiger partial charge in [0, 0.05) is 41.9 Å². The molecule has 1 atom stereocenters. The van der Waals surface area contributed by atoms with Crippen LogP contribution in [0.5, 0.6) is 5.75 Å². The number of ether oxygens (including phenoxy) is 1. The van der Waals surface area contributed by atoms with Crippen molar-refractivity contribution in [2.75, 3.05) is 46.2 Å². The number of rotatable bonds is 8. The lowest BCUT2D eigenvalue weighted by atomic mass is 9.87. The number of aromatic amines is 1. The molecule has 0 fully saturated rings. The lowest BCUT2D eigenvalue weighted by Crippen LogP contribution is -2.41. The number of hydrogen-bond acceptors (Lipinski definition) is 8. The number of nitrogens with zero attached hydrogens (tertiary/aromatic N) is 5. The molecule has 3 heterocycles. The van der Waals surface area contributed by atoms with E-state index in [4.69, 9.17) is 4.74 Å². The van der Waals surface area contributed by atoms with Crippen LogP contribution < -0.4 is 10.1 Å². The minimum Gasteiger partial charge on any atom is -0.494 e. The van der Waals surface area contributed by atoms with E-state index in [2.05, 4.69) is 37.3 Å². The van der Waals surface area contributed by atoms with Crippen LogP contribution in [0.3, 0.4) is 0 Å². The number of aryl methyl sites for hydroxylation is 1. The van der Waals surface area contributed by atoms with E-state index in [0.717, 1.165) is 71.5 Å². The molecule has 4 aromatic rings. The summed E-state index contributed by atoms with van der Waals surface area (Å²) in [5.41, 5.74) is 3.00. The van der Waals surface area contributed by atoms with Gasteiger partial charge in [-0.2, -0.15) is 5.10 Å². The summed E-state index contributed by atoms with van der Waals surface area (Å²) in [5, 5.41) is 12.6. The molecule has 0 saturated carbocycles. The fourth-order valence-electron chi connectivity index (χ4n) is 4.78. The molecule has 1 aliphatic rings. The van der Waals surface area contributed by atoms with E-state index in [-0.39, 0.29) is 11.8 Å². The Labute approximate surface area is 208 Å². The maximum atomic E-state index is 13.3. The van der Waals surface area contributed by atoms with Gasteiger partial charge in [-0.15, -0.1) is 11.3 Å². The fraction of sp³-hybridized carbons (Fsp3) is 0.440. The highest BCUT2D eigenvalue weighted by Gasteiger charge is 2.31. The smallest absolute Gasteiger partial charge is 0.226 e. The highest BCUT2D eigenvalue weighted by molar-refractivity contribution is 7.19. The quantitative estimate of drug-likeness (QED) is 0.385. The zero-order valence-corrected chi connectivity index (χ0v) is 21.4. The molecule has 0 aliphatic heterocycles. The first-order valence-electron chi connectivity index (χ1n) is 11.9. The molecule has 9 nitrogen and oxygen atoms in total. The Hall–Kier alpha value is -3.24. The van der Waals surface area contributed by atoms with Crippen molar-refractivity contribution < 1.29 is 9.53 Å². The Balaban J connectivity index is 1.43. The van der Waals surface area contributed by atoms with Crippen molar-refractivity contribution in [2.45, 2.75) is 26.2 Å². The maximum absolute atomic E-state index is 13.3. The predicted octanol–water partition coefficient (Wildman–Crippen LogP) is 3.83. The number of aromatic nitrogens is 4. The van der Waals surface area contributed by atoms with Gasteiger partial charge in [0.25, 0.3) is 0 Å². The summed E-state index contributed by atoms with van der Waals surface area (Å²) >= 11 is 1.68. The number of H-pyrrole nitrogens is 1. The van der Waals surface area contributed by atoms with Crippen LogP contribution in [0.1, 0.15) is 23.8 Å². The van der Waals surface area contributed by atoms with Crippen molar-refractivity contribution in [2.24, 2.45) is 5.92 Å². The number of hydrogen-bond donors (Lipinski definition) is 2. The van der Waals surface area contributed by atoms with E-state index in [1.54, 1.807) is 31.0 Å². The van der Waals surface area contributed by atoms with Gasteiger partial charge in [0.1, 0.15) is 22.7 Å². The second kappa shape index (κ2) is 9.79. The molecule has 0 saturated heterocycles. The Morgan fingerprint density at radius 3 is 2.91 bits per heavy atom. The highest BCUT2D eigenvalue weighted by atomic mass is 32.1. The number of carbonyl (C=O) groups excluding carboxylic acids is 1. The topological polar surface area (TPSA) is 99.3 Å². The van der Waals surface area contributed by atoms with Gasteiger partial charge in [0.2, 0.25) is 5.91 Å². The first-order valence-corrected chi connectivity index (χ1v) is 12.8. The molecular formula is C25H31N7O2S. The molecule has 1 amide bonds. The van der Waals surface area contributed by atoms with Crippen molar-refractivity contribution in [1.82, 2.24) is 30.0 Å². The second-order valence-electron chi connectivity index (χ2n) is 9.20. The summed E-state index contributed by atoms with van der Waals surface area (Å²) in [6.07, 6.45) is 5.83. The lowest BCUT2D eigenvalue weighted by Gasteiger charge is -2.29. The molecule has 184 valence electrons. The monoisotopic (exact) mass is 493 g/mol. The summed E-state index contributed by atoms with van der Waals surface area (Å²) in [6, 6.07) is 3.93. The molecule has 5 rings (SSSR count). The van der Waals surface area contributed by atoms with Crippen LogP contribution in [0.2, 0.25) is 0 Å². The third kappa shape index (κ3) is 4.55. The van der Waals surface area contributed by atoms with Gasteiger partial charge in [-0.1, -0.05) is 0 Å². The van der Waals surface area contributed by atoms with Crippen LogP contribution in [0, 0.1) is 5.92 Å². The van der Waals surface area contributed by atoms with Crippen molar-refractivity contribution in [3.05, 3.63) is 35.1 Å². The van der Waals surface area contributed by atoms with E-state index >= 15 is 0 Å². The third-order valence-electron chi connectivity index (χ3n) is 6.72. The van der Waals surface area contributed by atoms with Crippen LogP contribution >= 0.6 is 11.3 Å². The van der Waals surface area contributed by atoms with Crippen LogP contribution in [0.25, 0.3) is 21.1 Å². The fourth-order valence-corrected chi connectivity index (χ4v) is 6.05. The molecule has 0 radical (unpaired) electrons. The average Bonchev–Trinajstić information content (AvgIpc) is 3.47. The van der Waals surface area contributed by atoms with Gasteiger partial charge < -0.3 is 19.9 Å². The number of fused-ring (bicyclic) bond motifs is 4. The average molecular weight is 494 g/mol. The number of carbonyl (C=O) groups is 1. The highest BCUT2D eigenvalue weighted by Crippen LogP contribution is 2.42. The SMILES string of the molecule is CCN(CCN(C)C)C(=O)[C@H]1CCc2c(sc3ncnc(Nc4cc5cn[nH]c5cc4OC)c23)C1. The minimum atomic E-state index is 0.0191. The van der Waals surface area contributed by atoms with E-state index < -0.39 is 0 Å². The molecule has 1 aliphatic carbocycles. The Bertz CT molecular complexity index is 1360. The third-order valence-corrected chi connectivity index (χ3v) is 7.88. The molecule has 10 heteroatoms. The van der Waals surface area contributed by atoms with Crippen LogP contribution in [0.15, 0.2) is 24.7 Å². The first kappa shape index (κ1) is 23.5. The normalized spacial score (nSPS) is 15.5. The number of nitrogens with one attached hydrogen (secondary N) is 2. The molecule has 1 aromatic carbocycles. The summed E-state index contributed by atoms with van der Waals surface area (Å²) in [7, 11) is 5.73. The predicted molar refractivity (Wildman–Crippen MR) is 140 cm³/mol. The largest absolute Gasteiger partial charge is 0.494 e. The molecule has 3 aromatic heterocycles. The zero-order valence-electron chi connectivity index (χ0n) is 20.6. The summed E-state index contributed by atoms with van der Waals surface area (Å²) in [6.45, 7) is 4.44. The van der Waals surface area contributed by atoms with Crippen molar-refractivity contribution >= 4 is 49.9 Å². The van der Waals surface area contributed by atoms with Crippen LogP contribution in [0.4, 0.5) is 11.5 Å². The van der Waals surface area contributed by atoms with Gasteiger partial charge in [-0.3, -0.25) is 9.89 Å². The molecule has 0 bridgehead atoms. The zero-order chi connectivity index (χ0) is 24.5. The number of anilines is 2. The Morgan fingerprint density at radius 2 is 2.14 bits per heavy atom. The summed E-state index contributed by atoms with van der Waals surface area (Å²) in [5.74, 6) is 1.76. The first-order chi connectivity index (χ1) is 17.0. The molecule has 0 spiro atoms. The number of benzene rings is 1. The van der Waals surface area contributed by atoms with Crippen LogP contribution in [-0.4, -0.2) is 76.7 Å². The van der Waals surface area contributed by atoms with Gasteiger partial charge in [0.05, 0.1) is 29.9 Å². The standard InChI is InChI=1S/C25H31N7O2S/c1-5-32(9-8-31(2)3)25(33)15-6-7-17-21(11-15)35-24-22(17)23(26-14-27-24)29-19-10-16-13-28-30-18(16)12-20(19)34-4/h10,12-15H,5-9,11H2,1-4H3,(H,28,30)(H,26,27,29)/t15-/m0/s1. The number of methoxy groups -OCH3 is 1. The Morgan fingerprint density at radius 1 is 1.29 bits per heavy atom. The van der Waals surface area contributed by atoms with Crippen molar-refractivity contribution in [1.29, 1.82) is 0 Å². The van der Waals surface area contributed by atoms with E-state index in [1.807, 2.05) is 31.1 Å². The summed E-state index contributed by atoms with van der Waals surface area (Å²) < 4.78 is 5.61. The van der Waals surface area contributed by atoms with Crippen molar-refractivity contribution in [3.8, 4) is 5.75 Å². The number of thiophene rings is 1. The van der Waals surface area contributed by atoms with Gasteiger partial charge >= 0.3 is 0 Å². The maximum Gasteiger partial charge on any atom is 0.226 e. The van der Waals surface area contributed by atoms with E-state index in [9.17, 15) is 4.79 Å². The van der Waals surface area contributed by atoms with E-state index in [0.29, 0.717) is 5.75 Å². The lowest BCUT2D eigenvalue weighted by molar-refractivity contribution is -0.135. The van der Waals surface area contributed by atoms with Crippen LogP contribution in [-0.2, 0) is 17.6 Å². The van der Waals surface area contributed by atoms with Gasteiger partial charge in [-0.25, -0.2) is 9.97 Å². The summed E-state index contributed by atoms with van der Waals surface area (Å²) in [4.78, 5) is 28.7. The molecule has 2 N–H and O–H groups in total. The van der Waals surface area contributed by atoms with Gasteiger partial charge in [-0.05, 0) is 51.9 Å². The van der Waals surface area contributed by atoms with E-state index in [1.165, 1.54) is 10.4 Å². The Kier molecular flexibility index (Phi) is 6.57. The molecular weight excluding hydrogens is 462 g/mol.